The van der Waals surface area contributed by atoms with Crippen LogP contribution in [0.3, 0.4) is 0 Å². The second kappa shape index (κ2) is 17.6. The van der Waals surface area contributed by atoms with Crippen LogP contribution in [0.25, 0.3) is 0 Å². The van der Waals surface area contributed by atoms with E-state index in [9.17, 15) is 37.6 Å². The van der Waals surface area contributed by atoms with Gasteiger partial charge < -0.3 is 20.3 Å². The molecule has 1 unspecified atom stereocenters. The fourth-order valence-corrected chi connectivity index (χ4v) is 8.71. The highest BCUT2D eigenvalue weighted by Gasteiger charge is 2.51. The van der Waals surface area contributed by atoms with Gasteiger partial charge in [-0.3, -0.25) is 39.2 Å². The Morgan fingerprint density at radius 2 is 1.72 bits per heavy atom. The van der Waals surface area contributed by atoms with Crippen LogP contribution in [-0.4, -0.2) is 94.5 Å². The van der Waals surface area contributed by atoms with Gasteiger partial charge in [0.15, 0.2) is 5.11 Å². The summed E-state index contributed by atoms with van der Waals surface area (Å²) in [6.45, 7) is 13.7. The molecule has 3 aliphatic heterocycles. The van der Waals surface area contributed by atoms with Crippen molar-refractivity contribution in [2.75, 3.05) is 46.6 Å². The number of halogens is 3. The summed E-state index contributed by atoms with van der Waals surface area (Å²) < 4.78 is 47.9. The van der Waals surface area contributed by atoms with Crippen molar-refractivity contribution in [3.05, 3.63) is 77.4 Å². The number of thiocarbonyl (C=S) groups is 1. The van der Waals surface area contributed by atoms with Crippen LogP contribution < -0.4 is 30.5 Å². The normalized spacial score (nSPS) is 21.7. The van der Waals surface area contributed by atoms with Crippen LogP contribution in [0.15, 0.2) is 60.7 Å². The number of hydrogen-bond acceptors (Lipinski definition) is 10. The van der Waals surface area contributed by atoms with E-state index in [1.165, 1.54) is 6.07 Å². The molecule has 0 aliphatic carbocycles. The number of nitrogens with one attached hydrogen (secondary N) is 3. The lowest BCUT2D eigenvalue weighted by atomic mass is 10.0. The Balaban J connectivity index is 1.05. The number of piperazine rings is 1. The van der Waals surface area contributed by atoms with Crippen LogP contribution >= 0.6 is 12.2 Å². The van der Waals surface area contributed by atoms with E-state index in [2.05, 4.69) is 39.6 Å². The number of aryl methyl sites for hydroxylation is 1. The fourth-order valence-electron chi connectivity index (χ4n) is 8.19. The molecule has 13 nitrogen and oxygen atoms in total. The second-order valence-electron chi connectivity index (χ2n) is 16.1. The number of imide groups is 1. The van der Waals surface area contributed by atoms with E-state index in [1.54, 1.807) is 55.1 Å². The van der Waals surface area contributed by atoms with Crippen LogP contribution in [0.2, 0.25) is 0 Å². The van der Waals surface area contributed by atoms with E-state index in [4.69, 9.17) is 17.0 Å². The van der Waals surface area contributed by atoms with E-state index in [-0.39, 0.29) is 59.7 Å². The maximum Gasteiger partial charge on any atom is 0.417 e. The summed E-state index contributed by atoms with van der Waals surface area (Å²) in [5.74, 6) is -0.660. The number of carbonyl (C=O) groups is 4. The molecule has 0 radical (unpaired) electrons. The molecular formula is C43H49F3N8O5S. The van der Waals surface area contributed by atoms with Crippen LogP contribution in [-0.2, 0) is 31.8 Å². The van der Waals surface area contributed by atoms with Crippen molar-refractivity contribution in [1.82, 2.24) is 15.1 Å². The number of carbonyl (C=O) groups excluding carboxylic acids is 4. The summed E-state index contributed by atoms with van der Waals surface area (Å²) in [5, 5.41) is 17.7. The van der Waals surface area contributed by atoms with E-state index in [0.717, 1.165) is 22.6 Å². The summed E-state index contributed by atoms with van der Waals surface area (Å²) in [7, 11) is 0. The van der Waals surface area contributed by atoms with Gasteiger partial charge in [-0.15, -0.1) is 0 Å². The molecule has 3 saturated heterocycles. The van der Waals surface area contributed by atoms with Gasteiger partial charge in [-0.25, -0.2) is 0 Å². The third-order valence-electron chi connectivity index (χ3n) is 11.1. The highest BCUT2D eigenvalue weighted by molar-refractivity contribution is 7.81. The highest BCUT2D eigenvalue weighted by atomic mass is 32.1. The van der Waals surface area contributed by atoms with Crippen molar-refractivity contribution in [2.45, 2.75) is 96.7 Å². The first-order valence-corrected chi connectivity index (χ1v) is 20.3. The third kappa shape index (κ3) is 9.41. The number of amides is 4. The summed E-state index contributed by atoms with van der Waals surface area (Å²) in [4.78, 5) is 57.9. The average Bonchev–Trinajstić information content (AvgIpc) is 3.35. The van der Waals surface area contributed by atoms with Gasteiger partial charge >= 0.3 is 6.18 Å². The number of benzene rings is 3. The van der Waals surface area contributed by atoms with Gasteiger partial charge in [-0.2, -0.15) is 18.4 Å². The Kier molecular flexibility index (Phi) is 12.9. The van der Waals surface area contributed by atoms with Gasteiger partial charge in [-0.05, 0) is 120 Å². The minimum atomic E-state index is -4.80. The first kappa shape index (κ1) is 44.0. The van der Waals surface area contributed by atoms with Crippen molar-refractivity contribution in [3.63, 3.8) is 0 Å². The SMILES string of the molecule is CCc1cc(N2C(=S)N(c3ccc(C#N)c(C(F)(F)F)c3)C(=O)C2(C)C)ccc1O[C@@H](C)CN1C[C@@H](C)N(CC(=O)Nc2cccc(NC3CCC(=O)NC3=O)c2)[C@@H](C)C1. The van der Waals surface area contributed by atoms with Gasteiger partial charge in [-0.1, -0.05) is 13.0 Å². The largest absolute Gasteiger partial charge is 0.489 e. The first-order valence-electron chi connectivity index (χ1n) is 19.9. The molecule has 3 heterocycles. The standard InChI is InChI=1S/C43H49F3N8O5S/c1-7-28-17-33(54-41(60)53(40(58)42(54,5)6)32-12-11-29(20-47)34(19-32)43(44,45)46)13-15-36(28)59-27(4)23-51-21-25(2)52(26(3)22-51)24-38(56)49-31-10-8-9-30(18-31)48-35-14-16-37(55)50-39(35)57/h8-13,15,17-19,25-27,35,48H,7,14,16,21-24H2,1-6H3,(H,49,56)(H,50,55,57)/t25-,26+,27-,35?/m0/s1. The zero-order chi connectivity index (χ0) is 43.7. The minimum Gasteiger partial charge on any atom is -0.489 e. The fraction of sp³-hybridized carbons (Fsp3) is 0.442. The molecule has 3 aliphatic rings. The van der Waals surface area contributed by atoms with Crippen molar-refractivity contribution in [3.8, 4) is 11.8 Å². The monoisotopic (exact) mass is 846 g/mol. The molecule has 0 aromatic heterocycles. The van der Waals surface area contributed by atoms with Crippen molar-refractivity contribution < 1.29 is 37.1 Å². The molecule has 0 saturated carbocycles. The van der Waals surface area contributed by atoms with Crippen LogP contribution in [0.4, 0.5) is 35.9 Å². The lowest BCUT2D eigenvalue weighted by molar-refractivity contribution is -0.138. The predicted octanol–water partition coefficient (Wildman–Crippen LogP) is 6.07. The molecule has 318 valence electrons. The second-order valence-corrected chi connectivity index (χ2v) is 16.5. The van der Waals surface area contributed by atoms with Crippen LogP contribution in [0, 0.1) is 11.3 Å². The van der Waals surface area contributed by atoms with Gasteiger partial charge in [0, 0.05) is 55.2 Å². The molecule has 4 amide bonds. The summed E-state index contributed by atoms with van der Waals surface area (Å²) >= 11 is 5.74. The Morgan fingerprint density at radius 1 is 1.03 bits per heavy atom. The number of piperidine rings is 1. The predicted molar refractivity (Wildman–Crippen MR) is 226 cm³/mol. The summed E-state index contributed by atoms with van der Waals surface area (Å²) in [5.41, 5.74) is -0.307. The van der Waals surface area contributed by atoms with Gasteiger partial charge in [0.05, 0.1) is 29.4 Å². The number of nitriles is 1. The molecular weight excluding hydrogens is 798 g/mol. The van der Waals surface area contributed by atoms with Gasteiger partial charge in [0.2, 0.25) is 17.7 Å². The molecule has 3 aromatic carbocycles. The van der Waals surface area contributed by atoms with E-state index < -0.39 is 34.8 Å². The first-order chi connectivity index (χ1) is 28.3. The number of rotatable bonds is 12. The molecule has 6 rings (SSSR count). The molecule has 17 heteroatoms. The lowest BCUT2D eigenvalue weighted by Gasteiger charge is -2.44. The van der Waals surface area contributed by atoms with Crippen LogP contribution in [0.5, 0.6) is 5.75 Å². The number of alkyl halides is 3. The molecule has 3 aromatic rings. The molecule has 3 fully saturated rings. The quantitative estimate of drug-likeness (QED) is 0.144. The average molecular weight is 847 g/mol. The molecule has 60 heavy (non-hydrogen) atoms. The van der Waals surface area contributed by atoms with Crippen molar-refractivity contribution in [1.29, 1.82) is 5.26 Å². The van der Waals surface area contributed by atoms with E-state index >= 15 is 0 Å². The maximum absolute atomic E-state index is 13.8. The summed E-state index contributed by atoms with van der Waals surface area (Å²) in [6.07, 6.45) is -3.77. The molecule has 4 atom stereocenters. The minimum absolute atomic E-state index is 0.0142. The smallest absolute Gasteiger partial charge is 0.417 e. The molecule has 0 spiro atoms. The zero-order valence-electron chi connectivity index (χ0n) is 34.4. The Morgan fingerprint density at radius 3 is 2.37 bits per heavy atom. The maximum atomic E-state index is 13.8. The van der Waals surface area contributed by atoms with E-state index in [0.29, 0.717) is 55.3 Å². The molecule has 0 bridgehead atoms. The lowest BCUT2D eigenvalue weighted by Crippen LogP contribution is -2.59. The molecule has 3 N–H and O–H groups in total. The third-order valence-corrected chi connectivity index (χ3v) is 11.5. The topological polar surface area (TPSA) is 150 Å². The zero-order valence-corrected chi connectivity index (χ0v) is 35.2. The Labute approximate surface area is 352 Å². The Hall–Kier alpha value is -5.57. The van der Waals surface area contributed by atoms with Crippen LogP contribution in [0.1, 0.15) is 71.1 Å². The highest BCUT2D eigenvalue weighted by Crippen LogP contribution is 2.41. The number of nitrogens with zero attached hydrogens (tertiary/aromatic N) is 5. The van der Waals surface area contributed by atoms with E-state index in [1.807, 2.05) is 26.0 Å². The van der Waals surface area contributed by atoms with Crippen molar-refractivity contribution in [2.24, 2.45) is 0 Å². The number of anilines is 4. The number of hydrogen-bond donors (Lipinski definition) is 3. The van der Waals surface area contributed by atoms with Gasteiger partial charge in [0.25, 0.3) is 5.91 Å². The summed E-state index contributed by atoms with van der Waals surface area (Å²) in [6, 6.07) is 16.9. The van der Waals surface area contributed by atoms with Crippen molar-refractivity contribution >= 4 is 63.7 Å². The number of ether oxygens (including phenoxy) is 1. The van der Waals surface area contributed by atoms with Gasteiger partial charge in [0.1, 0.15) is 23.4 Å². The Bertz CT molecular complexity index is 2220.